The fraction of sp³-hybridized carbons (Fsp3) is 0.292. The van der Waals surface area contributed by atoms with Gasteiger partial charge in [0, 0.05) is 24.5 Å². The summed E-state index contributed by atoms with van der Waals surface area (Å²) in [6, 6.07) is 19.7. The Kier molecular flexibility index (Phi) is 5.56. The van der Waals surface area contributed by atoms with Crippen LogP contribution in [0.25, 0.3) is 11.1 Å². The molecule has 3 aromatic rings. The number of anilines is 1. The molecular formula is C24H25N3O2. The first kappa shape index (κ1) is 19.1. The maximum absolute atomic E-state index is 12.5. The summed E-state index contributed by atoms with van der Waals surface area (Å²) < 4.78 is 1.87. The lowest BCUT2D eigenvalue weighted by atomic mass is 10.0. The molecule has 1 fully saturated rings. The molecule has 148 valence electrons. The van der Waals surface area contributed by atoms with E-state index < -0.39 is 0 Å². The second kappa shape index (κ2) is 8.43. The number of carbonyl (C=O) groups excluding carboxylic acids is 2. The molecule has 0 spiro atoms. The summed E-state index contributed by atoms with van der Waals surface area (Å²) in [6.07, 6.45) is 4.47. The Morgan fingerprint density at radius 2 is 1.69 bits per heavy atom. The Balaban J connectivity index is 1.31. The average molecular weight is 387 g/mol. The Bertz CT molecular complexity index is 988. The lowest BCUT2D eigenvalue weighted by Gasteiger charge is -2.15. The van der Waals surface area contributed by atoms with Crippen molar-refractivity contribution in [3.63, 3.8) is 0 Å². The van der Waals surface area contributed by atoms with Crippen LogP contribution in [0.2, 0.25) is 0 Å². The van der Waals surface area contributed by atoms with Gasteiger partial charge in [-0.15, -0.1) is 0 Å². The molecule has 1 amide bonds. The normalized spacial score (nSPS) is 14.4. The number of nitrogens with one attached hydrogen (secondary N) is 1. The highest BCUT2D eigenvalue weighted by Gasteiger charge is 2.30. The van der Waals surface area contributed by atoms with Crippen LogP contribution in [0.15, 0.2) is 66.9 Å². The van der Waals surface area contributed by atoms with Crippen molar-refractivity contribution in [2.45, 2.75) is 38.6 Å². The van der Waals surface area contributed by atoms with Gasteiger partial charge in [0.05, 0.1) is 12.2 Å². The first-order chi connectivity index (χ1) is 14.1. The van der Waals surface area contributed by atoms with Crippen molar-refractivity contribution in [3.8, 4) is 11.1 Å². The van der Waals surface area contributed by atoms with Gasteiger partial charge in [-0.25, -0.2) is 4.68 Å². The second-order valence-electron chi connectivity index (χ2n) is 7.65. The Labute approximate surface area is 170 Å². The number of rotatable bonds is 8. The zero-order valence-electron chi connectivity index (χ0n) is 16.5. The zero-order valence-corrected chi connectivity index (χ0v) is 16.5. The second-order valence-corrected chi connectivity index (χ2v) is 7.65. The molecule has 0 radical (unpaired) electrons. The monoisotopic (exact) mass is 387 g/mol. The molecule has 0 saturated heterocycles. The van der Waals surface area contributed by atoms with Crippen LogP contribution in [-0.2, 0) is 4.79 Å². The molecule has 2 aromatic carbocycles. The predicted molar refractivity (Wildman–Crippen MR) is 114 cm³/mol. The van der Waals surface area contributed by atoms with E-state index in [0.717, 1.165) is 11.1 Å². The van der Waals surface area contributed by atoms with Gasteiger partial charge < -0.3 is 5.32 Å². The SMILES string of the molecule is CC(C1CC1)n1nccc1NC(=O)CCC(=O)c1ccc(-c2ccccc2)cc1. The summed E-state index contributed by atoms with van der Waals surface area (Å²) in [6.45, 7) is 2.13. The third kappa shape index (κ3) is 4.62. The Morgan fingerprint density at radius 1 is 1.00 bits per heavy atom. The van der Waals surface area contributed by atoms with Crippen LogP contribution in [0.5, 0.6) is 0 Å². The first-order valence-electron chi connectivity index (χ1n) is 10.1. The minimum Gasteiger partial charge on any atom is -0.311 e. The van der Waals surface area contributed by atoms with Gasteiger partial charge in [-0.2, -0.15) is 5.10 Å². The van der Waals surface area contributed by atoms with Gasteiger partial charge in [-0.05, 0) is 36.8 Å². The summed E-state index contributed by atoms with van der Waals surface area (Å²) in [4.78, 5) is 24.8. The summed E-state index contributed by atoms with van der Waals surface area (Å²) >= 11 is 0. The molecular weight excluding hydrogens is 362 g/mol. The van der Waals surface area contributed by atoms with Crippen molar-refractivity contribution in [1.82, 2.24) is 9.78 Å². The van der Waals surface area contributed by atoms with Gasteiger partial charge in [0.25, 0.3) is 0 Å². The molecule has 1 saturated carbocycles. The fourth-order valence-corrected chi connectivity index (χ4v) is 3.57. The number of nitrogens with zero attached hydrogens (tertiary/aromatic N) is 2. The maximum Gasteiger partial charge on any atom is 0.225 e. The van der Waals surface area contributed by atoms with Gasteiger partial charge >= 0.3 is 0 Å². The molecule has 1 aliphatic carbocycles. The smallest absolute Gasteiger partial charge is 0.225 e. The fourth-order valence-electron chi connectivity index (χ4n) is 3.57. The molecule has 29 heavy (non-hydrogen) atoms. The van der Waals surface area contributed by atoms with E-state index in [4.69, 9.17) is 0 Å². The van der Waals surface area contributed by atoms with Gasteiger partial charge in [-0.1, -0.05) is 54.6 Å². The van der Waals surface area contributed by atoms with E-state index in [-0.39, 0.29) is 30.6 Å². The number of Topliss-reactive ketones (excluding diaryl/α,β-unsaturated/α-hetero) is 1. The summed E-state index contributed by atoms with van der Waals surface area (Å²) in [7, 11) is 0. The number of ketones is 1. The Morgan fingerprint density at radius 3 is 2.38 bits per heavy atom. The standard InChI is InChI=1S/C24H25N3O2/c1-17(18-7-8-18)27-23(15-16-25-27)26-24(29)14-13-22(28)21-11-9-20(10-12-21)19-5-3-2-4-6-19/h2-6,9-12,15-18H,7-8,13-14H2,1H3,(H,26,29). The number of carbonyl (C=O) groups is 2. The van der Waals surface area contributed by atoms with Gasteiger partial charge in [-0.3, -0.25) is 9.59 Å². The zero-order chi connectivity index (χ0) is 20.2. The van der Waals surface area contributed by atoms with Gasteiger partial charge in [0.2, 0.25) is 5.91 Å². The van der Waals surface area contributed by atoms with E-state index in [1.165, 1.54) is 12.8 Å². The third-order valence-corrected chi connectivity index (χ3v) is 5.52. The molecule has 4 rings (SSSR count). The topological polar surface area (TPSA) is 64.0 Å². The minimum atomic E-state index is -0.163. The van der Waals surface area contributed by atoms with Crippen molar-refractivity contribution in [1.29, 1.82) is 0 Å². The highest BCUT2D eigenvalue weighted by atomic mass is 16.2. The summed E-state index contributed by atoms with van der Waals surface area (Å²) in [5.74, 6) is 1.16. The summed E-state index contributed by atoms with van der Waals surface area (Å²) in [5.41, 5.74) is 2.81. The van der Waals surface area contributed by atoms with Crippen LogP contribution in [0.3, 0.4) is 0 Å². The molecule has 5 heteroatoms. The molecule has 1 N–H and O–H groups in total. The van der Waals surface area contributed by atoms with Crippen molar-refractivity contribution in [2.75, 3.05) is 5.32 Å². The van der Waals surface area contributed by atoms with E-state index in [1.807, 2.05) is 59.3 Å². The van der Waals surface area contributed by atoms with Gasteiger partial charge in [0.1, 0.15) is 5.82 Å². The van der Waals surface area contributed by atoms with Crippen molar-refractivity contribution >= 4 is 17.5 Å². The molecule has 5 nitrogen and oxygen atoms in total. The summed E-state index contributed by atoms with van der Waals surface area (Å²) in [5, 5.41) is 7.24. The van der Waals surface area contributed by atoms with E-state index >= 15 is 0 Å². The first-order valence-corrected chi connectivity index (χ1v) is 10.1. The molecule has 1 aromatic heterocycles. The largest absolute Gasteiger partial charge is 0.311 e. The molecule has 0 aliphatic heterocycles. The predicted octanol–water partition coefficient (Wildman–Crippen LogP) is 5.12. The van der Waals surface area contributed by atoms with Gasteiger partial charge in [0.15, 0.2) is 5.78 Å². The van der Waals surface area contributed by atoms with Crippen molar-refractivity contribution in [3.05, 3.63) is 72.4 Å². The van der Waals surface area contributed by atoms with Crippen LogP contribution >= 0.6 is 0 Å². The van der Waals surface area contributed by atoms with Crippen molar-refractivity contribution < 1.29 is 9.59 Å². The van der Waals surface area contributed by atoms with E-state index in [1.54, 1.807) is 12.3 Å². The molecule has 1 aliphatic rings. The highest BCUT2D eigenvalue weighted by molar-refractivity contribution is 6.00. The molecule has 1 unspecified atom stereocenters. The number of aromatic nitrogens is 2. The maximum atomic E-state index is 12.5. The molecule has 1 atom stereocenters. The van der Waals surface area contributed by atoms with Crippen molar-refractivity contribution in [2.24, 2.45) is 5.92 Å². The van der Waals surface area contributed by atoms with Crippen LogP contribution in [-0.4, -0.2) is 21.5 Å². The Hall–Kier alpha value is -3.21. The lowest BCUT2D eigenvalue weighted by Crippen LogP contribution is -2.19. The minimum absolute atomic E-state index is 0.0281. The number of hydrogen-bond donors (Lipinski definition) is 1. The van der Waals surface area contributed by atoms with E-state index in [9.17, 15) is 9.59 Å². The van der Waals surface area contributed by atoms with Crippen LogP contribution in [0, 0.1) is 5.92 Å². The number of benzene rings is 2. The highest BCUT2D eigenvalue weighted by Crippen LogP contribution is 2.40. The van der Waals surface area contributed by atoms with E-state index in [2.05, 4.69) is 17.3 Å². The van der Waals surface area contributed by atoms with Crippen LogP contribution in [0.1, 0.15) is 49.0 Å². The average Bonchev–Trinajstić information content (AvgIpc) is 3.51. The molecule has 1 heterocycles. The number of amides is 1. The molecule has 0 bridgehead atoms. The lowest BCUT2D eigenvalue weighted by molar-refractivity contribution is -0.116. The number of hydrogen-bond acceptors (Lipinski definition) is 3. The third-order valence-electron chi connectivity index (χ3n) is 5.52. The van der Waals surface area contributed by atoms with Crippen LogP contribution in [0.4, 0.5) is 5.82 Å². The van der Waals surface area contributed by atoms with E-state index in [0.29, 0.717) is 17.3 Å². The quantitative estimate of drug-likeness (QED) is 0.546. The van der Waals surface area contributed by atoms with Crippen LogP contribution < -0.4 is 5.32 Å².